The van der Waals surface area contributed by atoms with Crippen LogP contribution in [-0.2, 0) is 9.84 Å². The van der Waals surface area contributed by atoms with Crippen LogP contribution in [0.3, 0.4) is 0 Å². The summed E-state index contributed by atoms with van der Waals surface area (Å²) in [6.07, 6.45) is 0. The first-order valence-electron chi connectivity index (χ1n) is 5.91. The van der Waals surface area contributed by atoms with Gasteiger partial charge in [0.25, 0.3) is 11.7 Å². The molecule has 0 radical (unpaired) electrons. The van der Waals surface area contributed by atoms with Crippen LogP contribution in [-0.4, -0.2) is 36.4 Å². The summed E-state index contributed by atoms with van der Waals surface area (Å²) in [6, 6.07) is 4.46. The number of nitro groups is 1. The number of aromatic nitrogens is 1. The third kappa shape index (κ3) is 3.05. The summed E-state index contributed by atoms with van der Waals surface area (Å²) in [7, 11) is -3.08. The maximum absolute atomic E-state index is 11.3. The molecule has 108 valence electrons. The van der Waals surface area contributed by atoms with E-state index in [2.05, 4.69) is 10.3 Å². The molecule has 0 atom stereocenters. The molecular formula is C11H13N3O5S. The van der Waals surface area contributed by atoms with Gasteiger partial charge in [0.1, 0.15) is 0 Å². The van der Waals surface area contributed by atoms with E-state index in [1.165, 1.54) is 12.1 Å². The smallest absolute Gasteiger partial charge is 0.298 e. The molecule has 0 saturated carbocycles. The number of oxazole rings is 1. The minimum atomic E-state index is -3.08. The highest BCUT2D eigenvalue weighted by Crippen LogP contribution is 2.27. The minimum Gasteiger partial charge on any atom is -0.423 e. The zero-order chi connectivity index (χ0) is 14.8. The lowest BCUT2D eigenvalue weighted by Gasteiger charge is -2.01. The van der Waals surface area contributed by atoms with Gasteiger partial charge in [-0.3, -0.25) is 10.1 Å². The normalized spacial score (nSPS) is 11.7. The van der Waals surface area contributed by atoms with Gasteiger partial charge in [0.05, 0.1) is 10.7 Å². The van der Waals surface area contributed by atoms with Gasteiger partial charge >= 0.3 is 0 Å². The van der Waals surface area contributed by atoms with Crippen molar-refractivity contribution in [2.75, 3.05) is 23.4 Å². The Bertz CT molecular complexity index is 738. The predicted octanol–water partition coefficient (Wildman–Crippen LogP) is 1.58. The fraction of sp³-hybridized carbons (Fsp3) is 0.364. The SMILES string of the molecule is CCS(=O)(=O)CCNc1nc2c([N+](=O)[O-])cccc2o1. The largest absolute Gasteiger partial charge is 0.423 e. The van der Waals surface area contributed by atoms with Crippen LogP contribution in [0.25, 0.3) is 11.1 Å². The third-order valence-corrected chi connectivity index (χ3v) is 4.43. The van der Waals surface area contributed by atoms with Crippen molar-refractivity contribution in [1.29, 1.82) is 0 Å². The van der Waals surface area contributed by atoms with Crippen molar-refractivity contribution in [3.63, 3.8) is 0 Å². The third-order valence-electron chi connectivity index (χ3n) is 2.72. The maximum atomic E-state index is 11.3. The number of nitrogens with zero attached hydrogens (tertiary/aromatic N) is 2. The molecule has 20 heavy (non-hydrogen) atoms. The fourth-order valence-corrected chi connectivity index (χ4v) is 2.32. The van der Waals surface area contributed by atoms with Crippen molar-refractivity contribution in [1.82, 2.24) is 4.98 Å². The molecule has 2 rings (SSSR count). The molecule has 1 heterocycles. The number of anilines is 1. The lowest BCUT2D eigenvalue weighted by molar-refractivity contribution is -0.383. The van der Waals surface area contributed by atoms with E-state index in [1.54, 1.807) is 13.0 Å². The number of hydrogen-bond acceptors (Lipinski definition) is 7. The Morgan fingerprint density at radius 1 is 1.45 bits per heavy atom. The predicted molar refractivity (Wildman–Crippen MR) is 73.5 cm³/mol. The van der Waals surface area contributed by atoms with E-state index >= 15 is 0 Å². The van der Waals surface area contributed by atoms with Crippen molar-refractivity contribution in [2.45, 2.75) is 6.92 Å². The van der Waals surface area contributed by atoms with Crippen LogP contribution in [0.5, 0.6) is 0 Å². The lowest BCUT2D eigenvalue weighted by atomic mass is 10.3. The highest BCUT2D eigenvalue weighted by Gasteiger charge is 2.17. The van der Waals surface area contributed by atoms with Gasteiger partial charge in [0.15, 0.2) is 20.9 Å². The number of fused-ring (bicyclic) bond motifs is 1. The summed E-state index contributed by atoms with van der Waals surface area (Å²) in [5, 5.41) is 13.5. The van der Waals surface area contributed by atoms with Crippen LogP contribution >= 0.6 is 0 Å². The molecule has 0 bridgehead atoms. The molecule has 1 aromatic heterocycles. The molecular weight excluding hydrogens is 286 g/mol. The Balaban J connectivity index is 2.17. The molecule has 0 amide bonds. The van der Waals surface area contributed by atoms with E-state index < -0.39 is 14.8 Å². The number of benzene rings is 1. The van der Waals surface area contributed by atoms with Crippen molar-refractivity contribution in [2.24, 2.45) is 0 Å². The summed E-state index contributed by atoms with van der Waals surface area (Å²) in [6.45, 7) is 1.70. The van der Waals surface area contributed by atoms with Crippen molar-refractivity contribution < 1.29 is 17.8 Å². The van der Waals surface area contributed by atoms with Gasteiger partial charge in [-0.15, -0.1) is 0 Å². The fourth-order valence-electron chi connectivity index (χ4n) is 1.61. The van der Waals surface area contributed by atoms with E-state index in [4.69, 9.17) is 4.42 Å². The average molecular weight is 299 g/mol. The molecule has 8 nitrogen and oxygen atoms in total. The average Bonchev–Trinajstić information content (AvgIpc) is 2.80. The van der Waals surface area contributed by atoms with E-state index in [9.17, 15) is 18.5 Å². The van der Waals surface area contributed by atoms with E-state index in [0.717, 1.165) is 0 Å². The molecule has 0 aliphatic carbocycles. The second-order valence-electron chi connectivity index (χ2n) is 4.06. The minimum absolute atomic E-state index is 0.0513. The summed E-state index contributed by atoms with van der Waals surface area (Å²) in [4.78, 5) is 14.3. The molecule has 0 saturated heterocycles. The van der Waals surface area contributed by atoms with Crippen LogP contribution in [0, 0.1) is 10.1 Å². The molecule has 0 fully saturated rings. The first-order valence-corrected chi connectivity index (χ1v) is 7.73. The van der Waals surface area contributed by atoms with Gasteiger partial charge in [0.2, 0.25) is 0 Å². The van der Waals surface area contributed by atoms with Crippen molar-refractivity contribution >= 4 is 32.6 Å². The van der Waals surface area contributed by atoms with E-state index in [0.29, 0.717) is 0 Å². The number of sulfone groups is 1. The first kappa shape index (κ1) is 14.3. The molecule has 0 aliphatic heterocycles. The first-order chi connectivity index (χ1) is 9.43. The van der Waals surface area contributed by atoms with Gasteiger partial charge < -0.3 is 9.73 Å². The number of hydrogen-bond donors (Lipinski definition) is 1. The summed E-state index contributed by atoms with van der Waals surface area (Å²) in [5.74, 6) is 0.0119. The van der Waals surface area contributed by atoms with Gasteiger partial charge in [-0.05, 0) is 6.07 Å². The van der Waals surface area contributed by atoms with Crippen LogP contribution in [0.1, 0.15) is 6.92 Å². The van der Waals surface area contributed by atoms with Crippen LogP contribution in [0.15, 0.2) is 22.6 Å². The highest BCUT2D eigenvalue weighted by atomic mass is 32.2. The number of rotatable bonds is 6. The maximum Gasteiger partial charge on any atom is 0.298 e. The number of nitrogens with one attached hydrogen (secondary N) is 1. The Kier molecular flexibility index (Phi) is 3.89. The second-order valence-corrected chi connectivity index (χ2v) is 6.54. The lowest BCUT2D eigenvalue weighted by Crippen LogP contribution is -2.17. The topological polar surface area (TPSA) is 115 Å². The van der Waals surface area contributed by atoms with E-state index in [1.807, 2.05) is 0 Å². The number of non-ortho nitro benzene ring substituents is 1. The quantitative estimate of drug-likeness (QED) is 0.636. The van der Waals surface area contributed by atoms with Crippen molar-refractivity contribution in [3.05, 3.63) is 28.3 Å². The van der Waals surface area contributed by atoms with Crippen LogP contribution < -0.4 is 5.32 Å². The molecule has 0 unspecified atom stereocenters. The monoisotopic (exact) mass is 299 g/mol. The van der Waals surface area contributed by atoms with Crippen molar-refractivity contribution in [3.8, 4) is 0 Å². The highest BCUT2D eigenvalue weighted by molar-refractivity contribution is 7.91. The number of nitro benzene ring substituents is 1. The summed E-state index contributed by atoms with van der Waals surface area (Å²) >= 11 is 0. The Hall–Kier alpha value is -2.16. The van der Waals surface area contributed by atoms with Crippen LogP contribution in [0.4, 0.5) is 11.7 Å². The molecule has 0 aliphatic rings. The molecule has 0 spiro atoms. The van der Waals surface area contributed by atoms with Gasteiger partial charge in [-0.1, -0.05) is 13.0 Å². The molecule has 2 aromatic rings. The molecule has 1 N–H and O–H groups in total. The Labute approximate surface area is 114 Å². The van der Waals surface area contributed by atoms with E-state index in [-0.39, 0.29) is 40.9 Å². The summed E-state index contributed by atoms with van der Waals surface area (Å²) < 4.78 is 27.9. The molecule has 9 heteroatoms. The zero-order valence-electron chi connectivity index (χ0n) is 10.7. The summed E-state index contributed by atoms with van der Waals surface area (Å²) in [5.41, 5.74) is 0.263. The Morgan fingerprint density at radius 2 is 2.20 bits per heavy atom. The van der Waals surface area contributed by atoms with Gasteiger partial charge in [-0.25, -0.2) is 8.42 Å². The van der Waals surface area contributed by atoms with Crippen LogP contribution in [0.2, 0.25) is 0 Å². The Morgan fingerprint density at radius 3 is 2.85 bits per heavy atom. The van der Waals surface area contributed by atoms with Gasteiger partial charge in [0, 0.05) is 18.4 Å². The zero-order valence-corrected chi connectivity index (χ0v) is 11.5. The number of para-hydroxylation sites is 1. The van der Waals surface area contributed by atoms with Gasteiger partial charge in [-0.2, -0.15) is 4.98 Å². The second kappa shape index (κ2) is 5.45. The molecule has 1 aromatic carbocycles. The standard InChI is InChI=1S/C11H13N3O5S/c1-2-20(17,18)7-6-12-11-13-10-8(14(15)16)4-3-5-9(10)19-11/h3-5H,2,6-7H2,1H3,(H,12,13).